The molecule has 3 aliphatic heterocycles. The number of aliphatic carboxylic acids is 1. The molecule has 3 aliphatic rings. The van der Waals surface area contributed by atoms with E-state index >= 15 is 0 Å². The summed E-state index contributed by atoms with van der Waals surface area (Å²) < 4.78 is 24.0. The largest absolute Gasteiger partial charge is 0.481 e. The van der Waals surface area contributed by atoms with Gasteiger partial charge in [-0.3, -0.25) is 9.59 Å². The molecule has 412 valence electrons. The average Bonchev–Trinajstić information content (AvgIpc) is 3.24. The molecule has 0 spiro atoms. The minimum atomic E-state index is -2.24. The van der Waals surface area contributed by atoms with Gasteiger partial charge in [-0.15, -0.1) is 0 Å². The summed E-state index contributed by atoms with van der Waals surface area (Å²) >= 11 is 0. The van der Waals surface area contributed by atoms with Crippen molar-refractivity contribution in [1.82, 2.24) is 0 Å². The molecule has 3 rings (SSSR count). The molecule has 0 radical (unpaired) electrons. The smallest absolute Gasteiger partial charge is 0.311 e. The van der Waals surface area contributed by atoms with Gasteiger partial charge >= 0.3 is 11.9 Å². The molecular formula is C56H92O16. The minimum Gasteiger partial charge on any atom is -0.481 e. The molecule has 0 aromatic rings. The number of rotatable bonds is 3. The SMILES string of the molecule is CC1=C/C(C)=C/C(C)=C/[C@H](O[C@H]2O[C@@H](C)[C@@H](O)[C@@H](C)[C@H]2O)CC2O[C@@](O)(CC(O)[C@H]2C(=O)O)C[C@@H](O)C[C@@H](O)[C@H](C)CC[C@@H](O)C[C@@H](O)CC(=O)OC(C)[C@@H](C)[C@H](O)[C@H](C)C(C)C/C(C)=C/C(C)=C\C(C)=C1. The molecule has 0 saturated carbocycles. The third-order valence-electron chi connectivity index (χ3n) is 15.0. The predicted octanol–water partition coefficient (Wildman–Crippen LogP) is 6.11. The number of ether oxygens (including phenoxy) is 4. The standard InChI is InChI=1S/C56H92O16/c1-29-16-30(2)18-32(4)20-34(6)22-45(71-55-53(65)39(11)52(64)41(13)70-55)26-48-50(54(66)67)47(61)28-56(68,72-48)27-44(59)24-46(60)35(7)14-15-42(57)23-43(58)25-49(62)69-40(12)38(10)51(63)37(9)36(8)21-33(5)19-31(3)17-29/h16-20,22,35-48,50-53,55,57-61,63-65,68H,14-15,21,23-28H2,1-13H3,(H,66,67)/b29-16?,30-18?,31-17-,32-20+,33-19+,34-22+/t35-,36?,37-,38-,39-,40?,41+,42-,43-,44+,45+,46-,47?,48?,50-,51-,52+,53-,55-,56-/m1/s1. The highest BCUT2D eigenvalue weighted by molar-refractivity contribution is 5.71. The van der Waals surface area contributed by atoms with E-state index in [4.69, 9.17) is 18.9 Å². The highest BCUT2D eigenvalue weighted by Gasteiger charge is 2.51. The lowest BCUT2D eigenvalue weighted by Gasteiger charge is -2.45. The fraction of sp³-hybridized carbons (Fsp3) is 0.750. The van der Waals surface area contributed by atoms with E-state index in [1.807, 2.05) is 60.6 Å². The first-order valence-corrected chi connectivity index (χ1v) is 26.1. The number of esters is 1. The zero-order chi connectivity index (χ0) is 54.5. The molecule has 72 heavy (non-hydrogen) atoms. The molecule has 0 aromatic carbocycles. The van der Waals surface area contributed by atoms with E-state index in [-0.39, 0.29) is 50.4 Å². The molecule has 2 fully saturated rings. The summed E-state index contributed by atoms with van der Waals surface area (Å²) in [6.45, 7) is 24.5. The van der Waals surface area contributed by atoms with E-state index in [2.05, 4.69) is 32.1 Å². The minimum absolute atomic E-state index is 0.100. The summed E-state index contributed by atoms with van der Waals surface area (Å²) in [5, 5.41) is 110. The van der Waals surface area contributed by atoms with E-state index in [0.29, 0.717) is 5.57 Å². The second kappa shape index (κ2) is 28.7. The molecule has 16 heteroatoms. The van der Waals surface area contributed by atoms with Crippen molar-refractivity contribution < 1.29 is 79.6 Å². The maximum Gasteiger partial charge on any atom is 0.311 e. The average molecular weight is 1020 g/mol. The number of hydrogen-bond donors (Lipinski definition) is 10. The van der Waals surface area contributed by atoms with Crippen molar-refractivity contribution >= 4 is 11.9 Å². The normalized spacial score (nSPS) is 44.2. The van der Waals surface area contributed by atoms with Crippen LogP contribution in [0.5, 0.6) is 0 Å². The van der Waals surface area contributed by atoms with Crippen LogP contribution in [-0.4, -0.2) is 148 Å². The van der Waals surface area contributed by atoms with Crippen LogP contribution in [0.3, 0.4) is 0 Å². The van der Waals surface area contributed by atoms with Crippen molar-refractivity contribution in [2.24, 2.45) is 35.5 Å². The van der Waals surface area contributed by atoms with Crippen molar-refractivity contribution in [1.29, 1.82) is 0 Å². The first kappa shape index (κ1) is 63.2. The van der Waals surface area contributed by atoms with Crippen molar-refractivity contribution in [2.45, 2.75) is 233 Å². The second-order valence-electron chi connectivity index (χ2n) is 22.2. The molecule has 16 nitrogen and oxygen atoms in total. The number of carboxylic acid groups (broad SMARTS) is 1. The van der Waals surface area contributed by atoms with Gasteiger partial charge in [0.2, 0.25) is 0 Å². The molecule has 2 saturated heterocycles. The van der Waals surface area contributed by atoms with Gasteiger partial charge in [0.15, 0.2) is 12.1 Å². The van der Waals surface area contributed by atoms with Crippen LogP contribution in [0.1, 0.15) is 148 Å². The van der Waals surface area contributed by atoms with Crippen LogP contribution in [0.4, 0.5) is 0 Å². The number of fused-ring (bicyclic) bond motifs is 2. The molecule has 10 N–H and O–H groups in total. The van der Waals surface area contributed by atoms with Gasteiger partial charge in [-0.2, -0.15) is 0 Å². The van der Waals surface area contributed by atoms with E-state index < -0.39 is 134 Å². The first-order chi connectivity index (χ1) is 33.4. The Kier molecular flexibility index (Phi) is 25.2. The summed E-state index contributed by atoms with van der Waals surface area (Å²) in [6.07, 6.45) is -3.41. The fourth-order valence-corrected chi connectivity index (χ4v) is 10.5. The number of allylic oxidation sites excluding steroid dienone is 11. The summed E-state index contributed by atoms with van der Waals surface area (Å²) in [4.78, 5) is 25.6. The molecule has 0 aromatic heterocycles. The van der Waals surface area contributed by atoms with Gasteiger partial charge in [0.25, 0.3) is 0 Å². The van der Waals surface area contributed by atoms with Gasteiger partial charge < -0.3 is 70.0 Å². The topological polar surface area (TPSA) is 273 Å². The van der Waals surface area contributed by atoms with E-state index in [1.165, 1.54) is 0 Å². The summed E-state index contributed by atoms with van der Waals surface area (Å²) in [6, 6.07) is 0. The highest BCUT2D eigenvalue weighted by atomic mass is 16.7. The lowest BCUT2D eigenvalue weighted by molar-refractivity contribution is -0.311. The Bertz CT molecular complexity index is 1940. The van der Waals surface area contributed by atoms with Gasteiger partial charge in [-0.1, -0.05) is 105 Å². The molecule has 0 amide bonds. The second-order valence-corrected chi connectivity index (χ2v) is 22.2. The maximum absolute atomic E-state index is 12.9. The van der Waals surface area contributed by atoms with Crippen molar-refractivity contribution in [3.63, 3.8) is 0 Å². The van der Waals surface area contributed by atoms with Gasteiger partial charge in [0, 0.05) is 31.1 Å². The number of aliphatic hydroxyl groups excluding tert-OH is 8. The summed E-state index contributed by atoms with van der Waals surface area (Å²) in [5.41, 5.74) is 5.73. The Morgan fingerprint density at radius 1 is 0.597 bits per heavy atom. The van der Waals surface area contributed by atoms with Crippen LogP contribution in [0, 0.1) is 35.5 Å². The summed E-state index contributed by atoms with van der Waals surface area (Å²) in [5.74, 6) is -7.36. The van der Waals surface area contributed by atoms with Crippen LogP contribution in [-0.2, 0) is 28.5 Å². The van der Waals surface area contributed by atoms with Gasteiger partial charge in [-0.05, 0) is 105 Å². The fourth-order valence-electron chi connectivity index (χ4n) is 10.5. The van der Waals surface area contributed by atoms with Crippen molar-refractivity contribution in [2.75, 3.05) is 0 Å². The number of cyclic esters (lactones) is 1. The zero-order valence-electron chi connectivity index (χ0n) is 45.2. The Hall–Kier alpha value is -3.10. The van der Waals surface area contributed by atoms with Crippen LogP contribution in [0.15, 0.2) is 69.9 Å². The zero-order valence-corrected chi connectivity index (χ0v) is 45.2. The van der Waals surface area contributed by atoms with Gasteiger partial charge in [0.1, 0.15) is 18.1 Å². The Balaban J connectivity index is 2.03. The lowest BCUT2D eigenvalue weighted by Crippen LogP contribution is -2.57. The Morgan fingerprint density at radius 2 is 1.17 bits per heavy atom. The van der Waals surface area contributed by atoms with Crippen LogP contribution in [0.25, 0.3) is 0 Å². The number of hydrogen-bond acceptors (Lipinski definition) is 15. The third-order valence-corrected chi connectivity index (χ3v) is 15.0. The van der Waals surface area contributed by atoms with Crippen molar-refractivity contribution in [3.05, 3.63) is 69.9 Å². The van der Waals surface area contributed by atoms with Gasteiger partial charge in [-0.25, -0.2) is 0 Å². The van der Waals surface area contributed by atoms with E-state index in [0.717, 1.165) is 34.3 Å². The third kappa shape index (κ3) is 19.9. The van der Waals surface area contributed by atoms with E-state index in [9.17, 15) is 60.7 Å². The number of carbonyl (C=O) groups is 2. The van der Waals surface area contributed by atoms with Gasteiger partial charge in [0.05, 0.1) is 67.5 Å². The number of carbonyl (C=O) groups excluding carboxylic acids is 1. The molecule has 4 unspecified atom stereocenters. The molecule has 2 bridgehead atoms. The highest BCUT2D eigenvalue weighted by Crippen LogP contribution is 2.39. The van der Waals surface area contributed by atoms with Crippen LogP contribution >= 0.6 is 0 Å². The number of carboxylic acids is 1. The quantitative estimate of drug-likeness (QED) is 0.143. The molecular weight excluding hydrogens is 929 g/mol. The van der Waals surface area contributed by atoms with Crippen molar-refractivity contribution in [3.8, 4) is 0 Å². The van der Waals surface area contributed by atoms with Crippen LogP contribution < -0.4 is 0 Å². The maximum atomic E-state index is 12.9. The van der Waals surface area contributed by atoms with Crippen LogP contribution in [0.2, 0.25) is 0 Å². The molecule has 0 aliphatic carbocycles. The van der Waals surface area contributed by atoms with E-state index in [1.54, 1.807) is 33.8 Å². The first-order valence-electron chi connectivity index (χ1n) is 26.1. The molecule has 20 atom stereocenters. The molecule has 3 heterocycles. The lowest BCUT2D eigenvalue weighted by atomic mass is 9.80. The summed E-state index contributed by atoms with van der Waals surface area (Å²) in [7, 11) is 0. The Morgan fingerprint density at radius 3 is 1.75 bits per heavy atom. The Labute approximate surface area is 428 Å². The predicted molar refractivity (Wildman–Crippen MR) is 274 cm³/mol. The monoisotopic (exact) mass is 1020 g/mol. The number of aliphatic hydroxyl groups is 9.